The Balaban J connectivity index is 1.36. The fourth-order valence-corrected chi connectivity index (χ4v) is 3.91. The van der Waals surface area contributed by atoms with Crippen LogP contribution in [0.3, 0.4) is 0 Å². The van der Waals surface area contributed by atoms with E-state index in [0.29, 0.717) is 18.1 Å². The Morgan fingerprint density at radius 2 is 1.93 bits per heavy atom. The van der Waals surface area contributed by atoms with Crippen molar-refractivity contribution in [2.75, 3.05) is 41.3 Å². The number of aromatic nitrogens is 3. The van der Waals surface area contributed by atoms with Crippen molar-refractivity contribution in [1.82, 2.24) is 15.0 Å². The third-order valence-corrected chi connectivity index (χ3v) is 5.40. The van der Waals surface area contributed by atoms with Crippen LogP contribution in [-0.2, 0) is 0 Å². The molecule has 4 heterocycles. The quantitative estimate of drug-likeness (QED) is 0.829. The van der Waals surface area contributed by atoms with Crippen LogP contribution in [0.5, 0.6) is 0 Å². The van der Waals surface area contributed by atoms with Crippen molar-refractivity contribution in [3.05, 3.63) is 36.2 Å². The first-order valence-electron chi connectivity index (χ1n) is 9.85. The van der Waals surface area contributed by atoms with Crippen LogP contribution in [0.2, 0.25) is 0 Å². The molecule has 0 aromatic carbocycles. The zero-order valence-corrected chi connectivity index (χ0v) is 15.8. The first-order valence-corrected chi connectivity index (χ1v) is 9.85. The van der Waals surface area contributed by atoms with E-state index >= 15 is 0 Å². The lowest BCUT2D eigenvalue weighted by molar-refractivity contribution is 0.154. The van der Waals surface area contributed by atoms with Gasteiger partial charge in [-0.3, -0.25) is 0 Å². The molecule has 146 valence electrons. The van der Waals surface area contributed by atoms with E-state index in [1.807, 2.05) is 12.1 Å². The van der Waals surface area contributed by atoms with Gasteiger partial charge in [0.1, 0.15) is 17.7 Å². The highest BCUT2D eigenvalue weighted by Gasteiger charge is 2.23. The molecule has 2 N–H and O–H groups in total. The molecule has 1 unspecified atom stereocenters. The summed E-state index contributed by atoms with van der Waals surface area (Å²) >= 11 is 0. The number of nitriles is 1. The number of hydrogen-bond acceptors (Lipinski definition) is 8. The number of piperidine rings is 2. The SMILES string of the molecule is N#Cc1cccnc1N1CCC(Nc2nccc(N3CCCC(O)C3)n2)CC1. The van der Waals surface area contributed by atoms with E-state index in [-0.39, 0.29) is 12.1 Å². The molecule has 0 saturated carbocycles. The monoisotopic (exact) mass is 379 g/mol. The number of pyridine rings is 1. The highest BCUT2D eigenvalue weighted by molar-refractivity contribution is 5.54. The molecule has 2 fully saturated rings. The van der Waals surface area contributed by atoms with Crippen molar-refractivity contribution in [1.29, 1.82) is 5.26 Å². The molecule has 8 heteroatoms. The summed E-state index contributed by atoms with van der Waals surface area (Å²) in [6, 6.07) is 8.01. The largest absolute Gasteiger partial charge is 0.391 e. The van der Waals surface area contributed by atoms with E-state index in [4.69, 9.17) is 0 Å². The van der Waals surface area contributed by atoms with Crippen LogP contribution in [0.4, 0.5) is 17.6 Å². The van der Waals surface area contributed by atoms with Crippen LogP contribution >= 0.6 is 0 Å². The molecule has 0 radical (unpaired) electrons. The summed E-state index contributed by atoms with van der Waals surface area (Å²) in [5.41, 5.74) is 0.619. The lowest BCUT2D eigenvalue weighted by Crippen LogP contribution is -2.40. The van der Waals surface area contributed by atoms with Crippen molar-refractivity contribution < 1.29 is 5.11 Å². The Kier molecular flexibility index (Phi) is 5.53. The molecular formula is C20H25N7O. The molecule has 0 spiro atoms. The molecular weight excluding hydrogens is 354 g/mol. The van der Waals surface area contributed by atoms with Crippen LogP contribution < -0.4 is 15.1 Å². The second-order valence-electron chi connectivity index (χ2n) is 7.37. The van der Waals surface area contributed by atoms with Gasteiger partial charge in [-0.1, -0.05) is 0 Å². The Morgan fingerprint density at radius 3 is 2.71 bits per heavy atom. The molecule has 2 aromatic rings. The number of hydrogen-bond donors (Lipinski definition) is 2. The maximum absolute atomic E-state index is 9.90. The summed E-state index contributed by atoms with van der Waals surface area (Å²) < 4.78 is 0. The number of nitrogens with zero attached hydrogens (tertiary/aromatic N) is 6. The maximum atomic E-state index is 9.90. The summed E-state index contributed by atoms with van der Waals surface area (Å²) in [6.45, 7) is 3.21. The Hall–Kier alpha value is -2.92. The number of rotatable bonds is 4. The summed E-state index contributed by atoms with van der Waals surface area (Å²) in [5, 5.41) is 22.6. The average molecular weight is 379 g/mol. The molecule has 2 saturated heterocycles. The summed E-state index contributed by atoms with van der Waals surface area (Å²) in [6.07, 6.45) is 6.91. The van der Waals surface area contributed by atoms with Gasteiger partial charge in [0, 0.05) is 44.6 Å². The molecule has 0 amide bonds. The minimum atomic E-state index is -0.283. The maximum Gasteiger partial charge on any atom is 0.224 e. The van der Waals surface area contributed by atoms with Gasteiger partial charge < -0.3 is 20.2 Å². The minimum absolute atomic E-state index is 0.283. The average Bonchev–Trinajstić information content (AvgIpc) is 2.74. The van der Waals surface area contributed by atoms with Gasteiger partial charge in [0.25, 0.3) is 0 Å². The highest BCUT2D eigenvalue weighted by Crippen LogP contribution is 2.23. The van der Waals surface area contributed by atoms with E-state index in [0.717, 1.165) is 57.0 Å². The smallest absolute Gasteiger partial charge is 0.224 e. The molecule has 0 aliphatic carbocycles. The van der Waals surface area contributed by atoms with Crippen molar-refractivity contribution in [2.24, 2.45) is 0 Å². The molecule has 28 heavy (non-hydrogen) atoms. The van der Waals surface area contributed by atoms with Crippen LogP contribution in [0, 0.1) is 11.3 Å². The van der Waals surface area contributed by atoms with E-state index in [9.17, 15) is 10.4 Å². The summed E-state index contributed by atoms with van der Waals surface area (Å²) in [7, 11) is 0. The van der Waals surface area contributed by atoms with Crippen molar-refractivity contribution in [2.45, 2.75) is 37.8 Å². The Labute approximate surface area is 164 Å². The third kappa shape index (κ3) is 4.15. The molecule has 8 nitrogen and oxygen atoms in total. The normalized spacial score (nSPS) is 20.6. The highest BCUT2D eigenvalue weighted by atomic mass is 16.3. The predicted molar refractivity (Wildman–Crippen MR) is 107 cm³/mol. The molecule has 4 rings (SSSR count). The van der Waals surface area contributed by atoms with Gasteiger partial charge in [-0.25, -0.2) is 9.97 Å². The zero-order valence-electron chi connectivity index (χ0n) is 15.8. The topological polar surface area (TPSA) is 101 Å². The van der Waals surface area contributed by atoms with Crippen LogP contribution in [-0.4, -0.2) is 58.4 Å². The first kappa shape index (κ1) is 18.4. The summed E-state index contributed by atoms with van der Waals surface area (Å²) in [5.74, 6) is 2.26. The Morgan fingerprint density at radius 1 is 1.07 bits per heavy atom. The fourth-order valence-electron chi connectivity index (χ4n) is 3.91. The van der Waals surface area contributed by atoms with Gasteiger partial charge in [-0.15, -0.1) is 0 Å². The molecule has 1 atom stereocenters. The minimum Gasteiger partial charge on any atom is -0.391 e. The number of β-amino-alcohol motifs (C(OH)–C–C–N with tert-alkyl or cyclic N) is 1. The lowest BCUT2D eigenvalue weighted by atomic mass is 10.0. The summed E-state index contributed by atoms with van der Waals surface area (Å²) in [4.78, 5) is 17.7. The molecule has 2 aromatic heterocycles. The van der Waals surface area contributed by atoms with E-state index in [1.54, 1.807) is 18.5 Å². The second kappa shape index (κ2) is 8.40. The van der Waals surface area contributed by atoms with Crippen LogP contribution in [0.15, 0.2) is 30.6 Å². The Bertz CT molecular complexity index is 844. The van der Waals surface area contributed by atoms with E-state index < -0.39 is 0 Å². The van der Waals surface area contributed by atoms with E-state index in [2.05, 4.69) is 36.1 Å². The van der Waals surface area contributed by atoms with Crippen LogP contribution in [0.25, 0.3) is 0 Å². The van der Waals surface area contributed by atoms with Crippen molar-refractivity contribution in [3.8, 4) is 6.07 Å². The zero-order chi connectivity index (χ0) is 19.3. The second-order valence-corrected chi connectivity index (χ2v) is 7.37. The van der Waals surface area contributed by atoms with Gasteiger partial charge in [-0.05, 0) is 43.9 Å². The van der Waals surface area contributed by atoms with Crippen molar-refractivity contribution in [3.63, 3.8) is 0 Å². The predicted octanol–water partition coefficient (Wildman–Crippen LogP) is 1.79. The van der Waals surface area contributed by atoms with Gasteiger partial charge in [-0.2, -0.15) is 10.2 Å². The van der Waals surface area contributed by atoms with Gasteiger partial charge >= 0.3 is 0 Å². The van der Waals surface area contributed by atoms with Gasteiger partial charge in [0.2, 0.25) is 5.95 Å². The fraction of sp³-hybridized carbons (Fsp3) is 0.500. The lowest BCUT2D eigenvalue weighted by Gasteiger charge is -2.34. The van der Waals surface area contributed by atoms with Crippen molar-refractivity contribution >= 4 is 17.6 Å². The number of nitrogens with one attached hydrogen (secondary N) is 1. The standard InChI is InChI=1S/C20H25N7O/c21-13-15-3-1-8-22-19(15)26-11-6-16(7-12-26)24-20-23-9-5-18(25-20)27-10-2-4-17(28)14-27/h1,3,5,8-9,16-17,28H,2,4,6-7,10-12,14H2,(H,23,24,25). The third-order valence-electron chi connectivity index (χ3n) is 5.40. The first-order chi connectivity index (χ1) is 13.7. The van der Waals surface area contributed by atoms with Crippen LogP contribution in [0.1, 0.15) is 31.2 Å². The van der Waals surface area contributed by atoms with E-state index in [1.165, 1.54) is 0 Å². The molecule has 0 bridgehead atoms. The number of anilines is 3. The van der Waals surface area contributed by atoms with Gasteiger partial charge in [0.15, 0.2) is 0 Å². The van der Waals surface area contributed by atoms with Gasteiger partial charge in [0.05, 0.1) is 11.7 Å². The molecule has 2 aliphatic heterocycles. The number of aliphatic hydroxyl groups excluding tert-OH is 1. The molecule has 2 aliphatic rings. The number of aliphatic hydroxyl groups is 1.